The summed E-state index contributed by atoms with van der Waals surface area (Å²) < 4.78 is 40.1. The Balaban J connectivity index is 1.19. The standard InChI is InChI=1S/C35H36F2N4O5S2/c1-45-30-19-25-27(20-31(30)48-17-5-3-4-15-39-32(42)21-47-2)38-16-12-28(25)46-29-11-10-24(18-26(29)37)41-34(44)35(13-14-35)33(43)40-23-8-6-22(36)7-9-23/h6-12,16,18-20H,3-5,13-15,17,21H2,1-2H3,(H,39,42)(H,40,43)(H,41,44). The van der Waals surface area contributed by atoms with Gasteiger partial charge < -0.3 is 25.4 Å². The molecule has 0 aliphatic heterocycles. The molecule has 0 radical (unpaired) electrons. The molecule has 48 heavy (non-hydrogen) atoms. The fourth-order valence-electron chi connectivity index (χ4n) is 4.98. The van der Waals surface area contributed by atoms with Gasteiger partial charge in [-0.2, -0.15) is 11.8 Å². The Kier molecular flexibility index (Phi) is 11.8. The van der Waals surface area contributed by atoms with Gasteiger partial charge in [0, 0.05) is 35.6 Å². The van der Waals surface area contributed by atoms with E-state index in [-0.39, 0.29) is 17.3 Å². The molecule has 3 aromatic carbocycles. The van der Waals surface area contributed by atoms with Crippen LogP contribution in [0, 0.1) is 17.0 Å². The van der Waals surface area contributed by atoms with Gasteiger partial charge in [0.2, 0.25) is 17.7 Å². The highest BCUT2D eigenvalue weighted by Gasteiger charge is 2.56. The zero-order chi connectivity index (χ0) is 34.1. The van der Waals surface area contributed by atoms with Gasteiger partial charge in [-0.3, -0.25) is 19.4 Å². The summed E-state index contributed by atoms with van der Waals surface area (Å²) in [6.45, 7) is 0.674. The lowest BCUT2D eigenvalue weighted by Crippen LogP contribution is -2.35. The van der Waals surface area contributed by atoms with Crippen LogP contribution in [0.15, 0.2) is 71.8 Å². The average molecular weight is 695 g/mol. The van der Waals surface area contributed by atoms with Crippen LogP contribution < -0.4 is 25.4 Å². The summed E-state index contributed by atoms with van der Waals surface area (Å²) in [5, 5.41) is 8.85. The summed E-state index contributed by atoms with van der Waals surface area (Å²) in [5.74, 6) is 0.172. The Labute approximate surface area is 285 Å². The van der Waals surface area contributed by atoms with E-state index < -0.39 is 28.9 Å². The first-order valence-electron chi connectivity index (χ1n) is 15.4. The van der Waals surface area contributed by atoms with Crippen molar-refractivity contribution in [3.63, 3.8) is 0 Å². The van der Waals surface area contributed by atoms with E-state index in [1.54, 1.807) is 31.1 Å². The van der Waals surface area contributed by atoms with E-state index in [1.165, 1.54) is 48.2 Å². The van der Waals surface area contributed by atoms with E-state index in [9.17, 15) is 18.8 Å². The minimum absolute atomic E-state index is 0.0576. The fraction of sp³-hybridized carbons (Fsp3) is 0.314. The lowest BCUT2D eigenvalue weighted by atomic mass is 10.0. The molecule has 1 heterocycles. The van der Waals surface area contributed by atoms with Crippen LogP contribution in [0.4, 0.5) is 20.2 Å². The van der Waals surface area contributed by atoms with Gasteiger partial charge in [0.25, 0.3) is 0 Å². The maximum atomic E-state index is 15.3. The Morgan fingerprint density at radius 3 is 2.29 bits per heavy atom. The minimum Gasteiger partial charge on any atom is -0.496 e. The SMILES string of the molecule is COc1cc2c(Oc3ccc(NC(=O)C4(C(=O)Nc5ccc(F)cc5)CC4)cc3F)ccnc2cc1SCCCCCNC(=O)CSC. The molecule has 9 nitrogen and oxygen atoms in total. The van der Waals surface area contributed by atoms with Crippen molar-refractivity contribution in [2.24, 2.45) is 5.41 Å². The van der Waals surface area contributed by atoms with Gasteiger partial charge in [0.15, 0.2) is 11.6 Å². The molecule has 0 atom stereocenters. The van der Waals surface area contributed by atoms with Crippen LogP contribution >= 0.6 is 23.5 Å². The van der Waals surface area contributed by atoms with E-state index >= 15 is 4.39 Å². The number of benzene rings is 3. The van der Waals surface area contributed by atoms with Crippen molar-refractivity contribution in [1.82, 2.24) is 10.3 Å². The molecule has 4 aromatic rings. The number of fused-ring (bicyclic) bond motifs is 1. The molecule has 3 amide bonds. The number of amides is 3. The molecule has 1 aliphatic carbocycles. The molecule has 1 saturated carbocycles. The first-order valence-corrected chi connectivity index (χ1v) is 17.8. The van der Waals surface area contributed by atoms with Gasteiger partial charge in [0.05, 0.1) is 23.3 Å². The lowest BCUT2D eigenvalue weighted by Gasteiger charge is -2.16. The number of ether oxygens (including phenoxy) is 2. The molecule has 252 valence electrons. The number of halogens is 2. The number of carbonyl (C=O) groups excluding carboxylic acids is 3. The number of nitrogens with zero attached hydrogens (tertiary/aromatic N) is 1. The number of anilines is 2. The predicted molar refractivity (Wildman–Crippen MR) is 186 cm³/mol. The molecule has 0 unspecified atom stereocenters. The normalized spacial score (nSPS) is 13.1. The van der Waals surface area contributed by atoms with Gasteiger partial charge in [-0.05, 0) is 92.3 Å². The molecular weight excluding hydrogens is 659 g/mol. The number of nitrogens with one attached hydrogen (secondary N) is 3. The number of rotatable bonds is 16. The van der Waals surface area contributed by atoms with Crippen molar-refractivity contribution in [1.29, 1.82) is 0 Å². The van der Waals surface area contributed by atoms with Crippen LogP contribution in [-0.2, 0) is 14.4 Å². The number of pyridine rings is 1. The fourth-order valence-corrected chi connectivity index (χ4v) is 6.39. The van der Waals surface area contributed by atoms with Gasteiger partial charge in [-0.25, -0.2) is 8.78 Å². The number of methoxy groups -OCH3 is 1. The average Bonchev–Trinajstić information content (AvgIpc) is 3.89. The topological polar surface area (TPSA) is 119 Å². The second-order valence-corrected chi connectivity index (χ2v) is 13.3. The number of aromatic nitrogens is 1. The Morgan fingerprint density at radius 1 is 0.875 bits per heavy atom. The molecule has 0 bridgehead atoms. The van der Waals surface area contributed by atoms with Gasteiger partial charge in [-0.15, -0.1) is 11.8 Å². The maximum Gasteiger partial charge on any atom is 0.240 e. The molecular formula is C35H36F2N4O5S2. The van der Waals surface area contributed by atoms with Gasteiger partial charge in [-0.1, -0.05) is 6.42 Å². The summed E-state index contributed by atoms with van der Waals surface area (Å²) in [4.78, 5) is 42.9. The number of thioether (sulfide) groups is 2. The van der Waals surface area contributed by atoms with Gasteiger partial charge in [0.1, 0.15) is 22.7 Å². The zero-order valence-electron chi connectivity index (χ0n) is 26.6. The summed E-state index contributed by atoms with van der Waals surface area (Å²) in [6.07, 6.45) is 7.05. The largest absolute Gasteiger partial charge is 0.496 e. The van der Waals surface area contributed by atoms with Crippen molar-refractivity contribution in [2.75, 3.05) is 42.0 Å². The van der Waals surface area contributed by atoms with E-state index in [0.29, 0.717) is 53.2 Å². The molecule has 3 N–H and O–H groups in total. The molecule has 1 fully saturated rings. The first kappa shape index (κ1) is 35.0. The van der Waals surface area contributed by atoms with E-state index in [2.05, 4.69) is 20.9 Å². The third-order valence-corrected chi connectivity index (χ3v) is 9.47. The van der Waals surface area contributed by atoms with Crippen LogP contribution in [0.25, 0.3) is 10.9 Å². The maximum absolute atomic E-state index is 15.3. The van der Waals surface area contributed by atoms with Crippen LogP contribution in [0.2, 0.25) is 0 Å². The van der Waals surface area contributed by atoms with E-state index in [1.807, 2.05) is 18.4 Å². The highest BCUT2D eigenvalue weighted by molar-refractivity contribution is 7.99. The molecule has 0 spiro atoms. The van der Waals surface area contributed by atoms with Crippen LogP contribution in [-0.4, -0.2) is 54.1 Å². The number of carbonyl (C=O) groups is 3. The lowest BCUT2D eigenvalue weighted by molar-refractivity contribution is -0.131. The number of hydrogen-bond donors (Lipinski definition) is 3. The molecule has 13 heteroatoms. The Hall–Kier alpha value is -4.36. The molecule has 5 rings (SSSR count). The van der Waals surface area contributed by atoms with Crippen molar-refractivity contribution >= 4 is 63.5 Å². The Bertz CT molecular complexity index is 1790. The van der Waals surface area contributed by atoms with Crippen molar-refractivity contribution in [3.05, 3.63) is 78.5 Å². The summed E-state index contributed by atoms with van der Waals surface area (Å²) in [5.41, 5.74) is -0.0707. The van der Waals surface area contributed by atoms with Gasteiger partial charge >= 0.3 is 0 Å². The minimum atomic E-state index is -1.28. The quantitative estimate of drug-likeness (QED) is 0.0631. The smallest absolute Gasteiger partial charge is 0.240 e. The van der Waals surface area contributed by atoms with E-state index in [0.717, 1.165) is 36.0 Å². The molecule has 1 aromatic heterocycles. The van der Waals surface area contributed by atoms with Crippen molar-refractivity contribution < 1.29 is 32.6 Å². The van der Waals surface area contributed by atoms with E-state index in [4.69, 9.17) is 9.47 Å². The Morgan fingerprint density at radius 2 is 1.60 bits per heavy atom. The predicted octanol–water partition coefficient (Wildman–Crippen LogP) is 7.41. The third-order valence-electron chi connectivity index (χ3n) is 7.79. The number of unbranched alkanes of at least 4 members (excludes halogenated alkanes) is 2. The van der Waals surface area contributed by atoms with Crippen molar-refractivity contribution in [2.45, 2.75) is 37.0 Å². The number of hydrogen-bond acceptors (Lipinski definition) is 8. The second kappa shape index (κ2) is 16.2. The summed E-state index contributed by atoms with van der Waals surface area (Å²) in [6, 6.07) is 14.7. The van der Waals surface area contributed by atoms with Crippen LogP contribution in [0.1, 0.15) is 32.1 Å². The zero-order valence-corrected chi connectivity index (χ0v) is 28.2. The third kappa shape index (κ3) is 8.75. The molecule has 1 aliphatic rings. The van der Waals surface area contributed by atoms with Crippen LogP contribution in [0.3, 0.4) is 0 Å². The highest BCUT2D eigenvalue weighted by atomic mass is 32.2. The highest BCUT2D eigenvalue weighted by Crippen LogP contribution is 2.47. The van der Waals surface area contributed by atoms with Crippen molar-refractivity contribution in [3.8, 4) is 17.2 Å². The second-order valence-electron chi connectivity index (χ2n) is 11.3. The van der Waals surface area contributed by atoms with Crippen LogP contribution in [0.5, 0.6) is 17.2 Å². The molecule has 0 saturated heterocycles. The monoisotopic (exact) mass is 694 g/mol. The summed E-state index contributed by atoms with van der Waals surface area (Å²) >= 11 is 3.16. The first-order chi connectivity index (χ1) is 23.2. The summed E-state index contributed by atoms with van der Waals surface area (Å²) in [7, 11) is 1.59.